The van der Waals surface area contributed by atoms with Crippen LogP contribution in [-0.2, 0) is 12.8 Å². The zero-order valence-corrected chi connectivity index (χ0v) is 7.59. The van der Waals surface area contributed by atoms with E-state index in [1.165, 1.54) is 0 Å². The molecule has 0 radical (unpaired) electrons. The molecule has 0 aliphatic carbocycles. The van der Waals surface area contributed by atoms with Crippen molar-refractivity contribution in [1.82, 2.24) is 15.3 Å². The van der Waals surface area contributed by atoms with Crippen molar-refractivity contribution in [1.29, 1.82) is 0 Å². The molecule has 0 aromatic carbocycles. The van der Waals surface area contributed by atoms with Crippen LogP contribution in [0.5, 0.6) is 0 Å². The van der Waals surface area contributed by atoms with Crippen LogP contribution in [0.3, 0.4) is 0 Å². The summed E-state index contributed by atoms with van der Waals surface area (Å²) in [5, 5.41) is 2.96. The number of imidazole rings is 1. The number of nitrogens with two attached hydrogens (primary N) is 1. The zero-order valence-electron chi connectivity index (χ0n) is 7.59. The number of rotatable bonds is 4. The van der Waals surface area contributed by atoms with Gasteiger partial charge >= 0.3 is 0 Å². The highest BCUT2D eigenvalue weighted by Crippen LogP contribution is 1.98. The van der Waals surface area contributed by atoms with Gasteiger partial charge in [0.1, 0.15) is 5.82 Å². The van der Waals surface area contributed by atoms with Crippen LogP contribution in [0, 0.1) is 0 Å². The molecule has 0 spiro atoms. The fraction of sp³-hybridized carbons (Fsp3) is 0.625. The van der Waals surface area contributed by atoms with Gasteiger partial charge in [-0.25, -0.2) is 4.98 Å². The third kappa shape index (κ3) is 2.32. The van der Waals surface area contributed by atoms with Gasteiger partial charge in [-0.2, -0.15) is 0 Å². The van der Waals surface area contributed by atoms with Crippen molar-refractivity contribution in [3.8, 4) is 0 Å². The first kappa shape index (κ1) is 9.22. The molecule has 1 heterocycles. The highest BCUT2D eigenvalue weighted by molar-refractivity contribution is 5.01. The molecule has 0 aliphatic heterocycles. The van der Waals surface area contributed by atoms with E-state index in [-0.39, 0.29) is 6.17 Å². The number of H-pyrrole nitrogens is 1. The first-order valence-electron chi connectivity index (χ1n) is 4.21. The molecule has 1 aromatic heterocycles. The third-order valence-electron chi connectivity index (χ3n) is 1.85. The van der Waals surface area contributed by atoms with E-state index in [9.17, 15) is 0 Å². The lowest BCUT2D eigenvalue weighted by Gasteiger charge is -2.06. The summed E-state index contributed by atoms with van der Waals surface area (Å²) in [4.78, 5) is 7.40. The SMILES string of the molecule is CCc1cnc(CC(N)NC)[nH]1. The molecule has 4 nitrogen and oxygen atoms in total. The molecule has 68 valence electrons. The smallest absolute Gasteiger partial charge is 0.109 e. The van der Waals surface area contributed by atoms with Gasteiger partial charge in [-0.1, -0.05) is 6.92 Å². The Labute approximate surface area is 72.6 Å². The standard InChI is InChI=1S/C8H16N4/c1-3-6-5-11-8(12-6)4-7(9)10-2/h5,7,10H,3-4,9H2,1-2H3,(H,11,12). The summed E-state index contributed by atoms with van der Waals surface area (Å²) >= 11 is 0. The van der Waals surface area contributed by atoms with Crippen molar-refractivity contribution in [3.05, 3.63) is 17.7 Å². The maximum atomic E-state index is 5.68. The summed E-state index contributed by atoms with van der Waals surface area (Å²) in [6, 6.07) is 0. The Morgan fingerprint density at radius 1 is 1.75 bits per heavy atom. The quantitative estimate of drug-likeness (QED) is 0.555. The minimum Gasteiger partial charge on any atom is -0.346 e. The number of aromatic nitrogens is 2. The van der Waals surface area contributed by atoms with Gasteiger partial charge in [-0.3, -0.25) is 0 Å². The van der Waals surface area contributed by atoms with Gasteiger partial charge in [0.2, 0.25) is 0 Å². The Kier molecular flexibility index (Phi) is 3.25. The van der Waals surface area contributed by atoms with Gasteiger partial charge in [0.25, 0.3) is 0 Å². The van der Waals surface area contributed by atoms with E-state index < -0.39 is 0 Å². The zero-order chi connectivity index (χ0) is 8.97. The molecule has 1 atom stereocenters. The van der Waals surface area contributed by atoms with Crippen molar-refractivity contribution >= 4 is 0 Å². The van der Waals surface area contributed by atoms with Gasteiger partial charge in [-0.15, -0.1) is 0 Å². The van der Waals surface area contributed by atoms with Crippen LogP contribution >= 0.6 is 0 Å². The van der Waals surface area contributed by atoms with Crippen LogP contribution < -0.4 is 11.1 Å². The average molecular weight is 168 g/mol. The van der Waals surface area contributed by atoms with Crippen LogP contribution in [0.15, 0.2) is 6.20 Å². The first-order chi connectivity index (χ1) is 5.76. The average Bonchev–Trinajstić information content (AvgIpc) is 2.52. The normalized spacial score (nSPS) is 13.2. The number of hydrogen-bond donors (Lipinski definition) is 3. The fourth-order valence-corrected chi connectivity index (χ4v) is 0.999. The second-order valence-electron chi connectivity index (χ2n) is 2.81. The second kappa shape index (κ2) is 4.23. The topological polar surface area (TPSA) is 66.7 Å². The van der Waals surface area contributed by atoms with Crippen molar-refractivity contribution in [2.24, 2.45) is 5.73 Å². The number of nitrogens with zero attached hydrogens (tertiary/aromatic N) is 1. The number of aromatic amines is 1. The summed E-state index contributed by atoms with van der Waals surface area (Å²) in [5.41, 5.74) is 6.85. The van der Waals surface area contributed by atoms with Crippen LogP contribution in [0.1, 0.15) is 18.4 Å². The minimum atomic E-state index is -0.0131. The molecular formula is C8H16N4. The molecule has 0 amide bonds. The van der Waals surface area contributed by atoms with Gasteiger partial charge in [0, 0.05) is 18.3 Å². The minimum absolute atomic E-state index is 0.0131. The highest BCUT2D eigenvalue weighted by atomic mass is 15.0. The Balaban J connectivity index is 2.52. The van der Waals surface area contributed by atoms with Crippen molar-refractivity contribution in [3.63, 3.8) is 0 Å². The molecule has 1 rings (SSSR count). The predicted octanol–water partition coefficient (Wildman–Crippen LogP) is 0.0188. The molecule has 12 heavy (non-hydrogen) atoms. The Hall–Kier alpha value is -0.870. The lowest BCUT2D eigenvalue weighted by atomic mass is 10.3. The fourth-order valence-electron chi connectivity index (χ4n) is 0.999. The van der Waals surface area contributed by atoms with Crippen LogP contribution in [0.25, 0.3) is 0 Å². The van der Waals surface area contributed by atoms with E-state index in [0.29, 0.717) is 0 Å². The largest absolute Gasteiger partial charge is 0.346 e. The van der Waals surface area contributed by atoms with E-state index in [1.807, 2.05) is 13.2 Å². The van der Waals surface area contributed by atoms with Crippen LogP contribution in [-0.4, -0.2) is 23.2 Å². The number of hydrogen-bond acceptors (Lipinski definition) is 3. The first-order valence-corrected chi connectivity index (χ1v) is 4.21. The Morgan fingerprint density at radius 3 is 3.00 bits per heavy atom. The van der Waals surface area contributed by atoms with E-state index in [0.717, 1.165) is 24.4 Å². The maximum Gasteiger partial charge on any atom is 0.109 e. The van der Waals surface area contributed by atoms with Gasteiger partial charge in [0.05, 0.1) is 6.17 Å². The Morgan fingerprint density at radius 2 is 2.50 bits per heavy atom. The molecule has 4 heteroatoms. The lowest BCUT2D eigenvalue weighted by Crippen LogP contribution is -2.36. The summed E-state index contributed by atoms with van der Waals surface area (Å²) < 4.78 is 0. The maximum absolute atomic E-state index is 5.68. The van der Waals surface area contributed by atoms with Crippen molar-refractivity contribution < 1.29 is 0 Å². The van der Waals surface area contributed by atoms with Gasteiger partial charge in [0.15, 0.2) is 0 Å². The van der Waals surface area contributed by atoms with E-state index in [1.54, 1.807) is 0 Å². The summed E-state index contributed by atoms with van der Waals surface area (Å²) in [6.07, 6.45) is 3.58. The molecule has 1 unspecified atom stereocenters. The molecule has 0 fully saturated rings. The second-order valence-corrected chi connectivity index (χ2v) is 2.81. The van der Waals surface area contributed by atoms with Gasteiger partial charge in [-0.05, 0) is 13.5 Å². The molecule has 1 aromatic rings. The number of nitrogens with one attached hydrogen (secondary N) is 2. The van der Waals surface area contributed by atoms with E-state index >= 15 is 0 Å². The number of aryl methyl sites for hydroxylation is 1. The lowest BCUT2D eigenvalue weighted by molar-refractivity contribution is 0.568. The molecule has 0 aliphatic rings. The van der Waals surface area contributed by atoms with Crippen LogP contribution in [0.2, 0.25) is 0 Å². The van der Waals surface area contributed by atoms with Crippen molar-refractivity contribution in [2.75, 3.05) is 7.05 Å². The van der Waals surface area contributed by atoms with Crippen LogP contribution in [0.4, 0.5) is 0 Å². The van der Waals surface area contributed by atoms with E-state index in [2.05, 4.69) is 22.2 Å². The summed E-state index contributed by atoms with van der Waals surface area (Å²) in [5.74, 6) is 0.953. The molecule has 0 saturated carbocycles. The monoisotopic (exact) mass is 168 g/mol. The van der Waals surface area contributed by atoms with Gasteiger partial charge < -0.3 is 16.0 Å². The molecular weight excluding hydrogens is 152 g/mol. The predicted molar refractivity (Wildman–Crippen MR) is 48.7 cm³/mol. The number of likely N-dealkylation sites (N-methyl/N-ethyl adjacent to an activating group) is 1. The molecule has 0 bridgehead atoms. The Bertz CT molecular complexity index is 231. The molecule has 0 saturated heterocycles. The van der Waals surface area contributed by atoms with E-state index in [4.69, 9.17) is 5.73 Å². The highest BCUT2D eigenvalue weighted by Gasteiger charge is 2.03. The third-order valence-corrected chi connectivity index (χ3v) is 1.85. The van der Waals surface area contributed by atoms with Crippen molar-refractivity contribution in [2.45, 2.75) is 25.9 Å². The summed E-state index contributed by atoms with van der Waals surface area (Å²) in [7, 11) is 1.84. The molecule has 4 N–H and O–H groups in total. The summed E-state index contributed by atoms with van der Waals surface area (Å²) in [6.45, 7) is 2.09.